The van der Waals surface area contributed by atoms with Crippen molar-refractivity contribution in [2.75, 3.05) is 13.2 Å². The van der Waals surface area contributed by atoms with Gasteiger partial charge in [-0.15, -0.1) is 0 Å². The molecule has 7 nitrogen and oxygen atoms in total. The minimum atomic E-state index is -1.08. The lowest BCUT2D eigenvalue weighted by Gasteiger charge is -2.35. The molecule has 0 radical (unpaired) electrons. The number of rotatable bonds is 5. The van der Waals surface area contributed by atoms with Gasteiger partial charge in [-0.25, -0.2) is 14.4 Å². The first kappa shape index (κ1) is 17.3. The van der Waals surface area contributed by atoms with Crippen LogP contribution in [0.2, 0.25) is 0 Å². The number of amides is 2. The van der Waals surface area contributed by atoms with Gasteiger partial charge >= 0.3 is 18.0 Å². The molecule has 0 bridgehead atoms. The van der Waals surface area contributed by atoms with Gasteiger partial charge in [-0.1, -0.05) is 13.8 Å². The first-order chi connectivity index (χ1) is 9.88. The number of ether oxygens (including phenoxy) is 1. The fourth-order valence-corrected chi connectivity index (χ4v) is 2.39. The van der Waals surface area contributed by atoms with Gasteiger partial charge in [0.2, 0.25) is 0 Å². The molecule has 0 spiro atoms. The van der Waals surface area contributed by atoms with Crippen molar-refractivity contribution in [2.24, 2.45) is 5.92 Å². The molecule has 7 heteroatoms. The molecular formula is C14H24N2O5. The first-order valence-electron chi connectivity index (χ1n) is 7.35. The second kappa shape index (κ2) is 7.85. The van der Waals surface area contributed by atoms with Crippen molar-refractivity contribution in [3.8, 4) is 0 Å². The van der Waals surface area contributed by atoms with Crippen LogP contribution in [0.5, 0.6) is 0 Å². The molecule has 1 rings (SSSR count). The fraction of sp³-hybridized carbons (Fsp3) is 0.786. The van der Waals surface area contributed by atoms with E-state index >= 15 is 0 Å². The zero-order valence-corrected chi connectivity index (χ0v) is 12.8. The second-order valence-corrected chi connectivity index (χ2v) is 5.47. The Hall–Kier alpha value is -1.79. The number of likely N-dealkylation sites (tertiary alicyclic amines) is 1. The first-order valence-corrected chi connectivity index (χ1v) is 7.35. The molecule has 1 aliphatic rings. The van der Waals surface area contributed by atoms with E-state index in [2.05, 4.69) is 5.32 Å². The number of nitrogens with zero attached hydrogens (tertiary/aromatic N) is 1. The average Bonchev–Trinajstić information content (AvgIpc) is 2.44. The highest BCUT2D eigenvalue weighted by molar-refractivity contribution is 5.87. The zero-order valence-electron chi connectivity index (χ0n) is 12.8. The molecule has 0 aliphatic carbocycles. The van der Waals surface area contributed by atoms with Gasteiger partial charge in [-0.3, -0.25) is 0 Å². The van der Waals surface area contributed by atoms with E-state index < -0.39 is 30.1 Å². The Balaban J connectivity index is 2.77. The lowest BCUT2D eigenvalue weighted by molar-refractivity contribution is -0.149. The van der Waals surface area contributed by atoms with Crippen LogP contribution in [0.15, 0.2) is 0 Å². The van der Waals surface area contributed by atoms with E-state index in [1.54, 1.807) is 20.8 Å². The predicted octanol–water partition coefficient (Wildman–Crippen LogP) is 1.22. The van der Waals surface area contributed by atoms with Crippen LogP contribution in [0.3, 0.4) is 0 Å². The summed E-state index contributed by atoms with van der Waals surface area (Å²) in [5.41, 5.74) is 0. The molecule has 1 heterocycles. The van der Waals surface area contributed by atoms with Gasteiger partial charge in [0.1, 0.15) is 12.1 Å². The number of carbonyl (C=O) groups excluding carboxylic acids is 2. The van der Waals surface area contributed by atoms with Crippen LogP contribution >= 0.6 is 0 Å². The summed E-state index contributed by atoms with van der Waals surface area (Å²) in [5.74, 6) is -1.75. The van der Waals surface area contributed by atoms with Gasteiger partial charge in [0.05, 0.1) is 6.61 Å². The number of esters is 1. The predicted molar refractivity (Wildman–Crippen MR) is 75.8 cm³/mol. The van der Waals surface area contributed by atoms with E-state index in [4.69, 9.17) is 9.84 Å². The van der Waals surface area contributed by atoms with Gasteiger partial charge in [0, 0.05) is 6.54 Å². The summed E-state index contributed by atoms with van der Waals surface area (Å²) in [6.07, 6.45) is 2.19. The number of carboxylic acids is 1. The maximum absolute atomic E-state index is 12.3. The van der Waals surface area contributed by atoms with Crippen LogP contribution < -0.4 is 5.32 Å². The van der Waals surface area contributed by atoms with Gasteiger partial charge < -0.3 is 20.1 Å². The number of carboxylic acid groups (broad SMARTS) is 1. The number of piperidine rings is 1. The Kier molecular flexibility index (Phi) is 6.45. The van der Waals surface area contributed by atoms with Crippen molar-refractivity contribution < 1.29 is 24.2 Å². The van der Waals surface area contributed by atoms with Crippen molar-refractivity contribution in [3.63, 3.8) is 0 Å². The molecule has 0 saturated carbocycles. The maximum atomic E-state index is 12.3. The van der Waals surface area contributed by atoms with E-state index in [0.29, 0.717) is 13.0 Å². The molecule has 21 heavy (non-hydrogen) atoms. The van der Waals surface area contributed by atoms with Gasteiger partial charge in [-0.2, -0.15) is 0 Å². The van der Waals surface area contributed by atoms with Crippen molar-refractivity contribution in [2.45, 2.75) is 52.1 Å². The zero-order chi connectivity index (χ0) is 16.0. The van der Waals surface area contributed by atoms with Crippen LogP contribution in [0.25, 0.3) is 0 Å². The third kappa shape index (κ3) is 4.61. The topological polar surface area (TPSA) is 95.9 Å². The standard InChI is InChI=1S/C14H24N2O5/c1-4-21-13(19)10-7-5-6-8-16(10)14(20)15-11(9(2)3)12(17)18/h9-11H,4-8H2,1-3H3,(H,15,20)(H,17,18)/t10?,11-/m1/s1. The smallest absolute Gasteiger partial charge is 0.328 e. The highest BCUT2D eigenvalue weighted by atomic mass is 16.5. The molecule has 1 fully saturated rings. The summed E-state index contributed by atoms with van der Waals surface area (Å²) in [5, 5.41) is 11.6. The van der Waals surface area contributed by atoms with Gasteiger partial charge in [0.25, 0.3) is 0 Å². The molecule has 2 N–H and O–H groups in total. The summed E-state index contributed by atoms with van der Waals surface area (Å²) < 4.78 is 4.98. The molecule has 0 aromatic heterocycles. The van der Waals surface area contributed by atoms with Crippen molar-refractivity contribution >= 4 is 18.0 Å². The normalized spacial score (nSPS) is 20.0. The number of urea groups is 1. The van der Waals surface area contributed by atoms with Crippen LogP contribution in [0, 0.1) is 5.92 Å². The minimum absolute atomic E-state index is 0.239. The third-order valence-electron chi connectivity index (χ3n) is 3.53. The largest absolute Gasteiger partial charge is 0.480 e. The van der Waals surface area contributed by atoms with E-state index in [1.807, 2.05) is 0 Å². The fourth-order valence-electron chi connectivity index (χ4n) is 2.39. The Morgan fingerprint density at radius 3 is 2.52 bits per heavy atom. The lowest BCUT2D eigenvalue weighted by Crippen LogP contribution is -2.56. The van der Waals surface area contributed by atoms with Crippen molar-refractivity contribution in [3.05, 3.63) is 0 Å². The number of aliphatic carboxylic acids is 1. The Labute approximate surface area is 124 Å². The van der Waals surface area contributed by atoms with Crippen LogP contribution in [-0.4, -0.2) is 53.2 Å². The highest BCUT2D eigenvalue weighted by Crippen LogP contribution is 2.19. The molecule has 1 aliphatic heterocycles. The highest BCUT2D eigenvalue weighted by Gasteiger charge is 2.35. The molecule has 1 saturated heterocycles. The molecule has 2 amide bonds. The van der Waals surface area contributed by atoms with Crippen LogP contribution in [-0.2, 0) is 14.3 Å². The van der Waals surface area contributed by atoms with Crippen LogP contribution in [0.4, 0.5) is 4.79 Å². The SMILES string of the molecule is CCOC(=O)C1CCCCN1C(=O)N[C@@H](C(=O)O)C(C)C. The minimum Gasteiger partial charge on any atom is -0.480 e. The van der Waals surface area contributed by atoms with E-state index in [1.165, 1.54) is 4.90 Å². The summed E-state index contributed by atoms with van der Waals surface area (Å²) >= 11 is 0. The molecule has 120 valence electrons. The van der Waals surface area contributed by atoms with Gasteiger partial charge in [-0.05, 0) is 32.1 Å². The quantitative estimate of drug-likeness (QED) is 0.744. The molecule has 2 atom stereocenters. The van der Waals surface area contributed by atoms with E-state index in [-0.39, 0.29) is 12.5 Å². The monoisotopic (exact) mass is 300 g/mol. The van der Waals surface area contributed by atoms with Gasteiger partial charge in [0.15, 0.2) is 0 Å². The van der Waals surface area contributed by atoms with E-state index in [0.717, 1.165) is 12.8 Å². The van der Waals surface area contributed by atoms with Crippen molar-refractivity contribution in [1.29, 1.82) is 0 Å². The summed E-state index contributed by atoms with van der Waals surface area (Å²) in [6.45, 7) is 5.84. The molecule has 0 aromatic rings. The van der Waals surface area contributed by atoms with Crippen LogP contribution in [0.1, 0.15) is 40.0 Å². The number of carbonyl (C=O) groups is 3. The Bertz CT molecular complexity index is 397. The Morgan fingerprint density at radius 1 is 1.33 bits per heavy atom. The number of nitrogens with one attached hydrogen (secondary N) is 1. The maximum Gasteiger partial charge on any atom is 0.328 e. The lowest BCUT2D eigenvalue weighted by atomic mass is 10.0. The second-order valence-electron chi connectivity index (χ2n) is 5.47. The van der Waals surface area contributed by atoms with E-state index in [9.17, 15) is 14.4 Å². The summed E-state index contributed by atoms with van der Waals surface area (Å²) in [4.78, 5) is 36.7. The number of hydrogen-bond donors (Lipinski definition) is 2. The molecular weight excluding hydrogens is 276 g/mol. The number of hydrogen-bond acceptors (Lipinski definition) is 4. The average molecular weight is 300 g/mol. The van der Waals surface area contributed by atoms with Crippen molar-refractivity contribution in [1.82, 2.24) is 10.2 Å². The molecule has 0 aromatic carbocycles. The third-order valence-corrected chi connectivity index (χ3v) is 3.53. The summed E-state index contributed by atoms with van der Waals surface area (Å²) in [6, 6.07) is -2.11. The summed E-state index contributed by atoms with van der Waals surface area (Å²) in [7, 11) is 0. The Morgan fingerprint density at radius 2 is 2.00 bits per heavy atom. The molecule has 1 unspecified atom stereocenters.